The predicted molar refractivity (Wildman–Crippen MR) is 75.2 cm³/mol. The Hall–Kier alpha value is -0.980. The molecular weight excluding hydrogens is 218 g/mol. The summed E-state index contributed by atoms with van der Waals surface area (Å²) in [5.74, 6) is 3.10. The molecule has 1 nitrogen and oxygen atoms in total. The highest BCUT2D eigenvalue weighted by Gasteiger charge is 2.51. The molecule has 0 atom stereocenters. The van der Waals surface area contributed by atoms with Gasteiger partial charge in [-0.2, -0.15) is 0 Å². The minimum Gasteiger partial charge on any atom is -0.687 e. The average Bonchev–Trinajstić information content (AvgIpc) is 2.37. The quantitative estimate of drug-likeness (QED) is 0.705. The molecule has 4 fully saturated rings. The Labute approximate surface area is 110 Å². The van der Waals surface area contributed by atoms with Gasteiger partial charge in [0.05, 0.1) is 0 Å². The third-order valence-electron chi connectivity index (χ3n) is 5.78. The summed E-state index contributed by atoms with van der Waals surface area (Å²) in [6.07, 6.45) is 8.97. The first-order valence-electron chi connectivity index (χ1n) is 7.48. The smallest absolute Gasteiger partial charge is 0.00391 e. The predicted octanol–water partition coefficient (Wildman–Crippen LogP) is 4.79. The van der Waals surface area contributed by atoms with Crippen LogP contribution in [-0.4, -0.2) is 7.05 Å². The molecule has 1 heteroatoms. The second kappa shape index (κ2) is 3.76. The standard InChI is InChI=1S/C17H22N/c1-18-16-4-2-15(3-5-16)17-9-12-6-13(10-17)8-14(7-12)11-17/h2-5,12-14H,6-11H2,1H3/q-1. The van der Waals surface area contributed by atoms with Crippen molar-refractivity contribution in [2.24, 2.45) is 17.8 Å². The van der Waals surface area contributed by atoms with E-state index < -0.39 is 0 Å². The van der Waals surface area contributed by atoms with Gasteiger partial charge in [-0.25, -0.2) is 0 Å². The van der Waals surface area contributed by atoms with Gasteiger partial charge in [-0.15, -0.1) is 12.7 Å². The Morgan fingerprint density at radius 1 is 0.889 bits per heavy atom. The number of benzene rings is 1. The zero-order valence-electron chi connectivity index (χ0n) is 11.2. The number of rotatable bonds is 2. The molecule has 0 aromatic heterocycles. The number of nitrogens with zero attached hydrogens (tertiary/aromatic N) is 1. The maximum atomic E-state index is 4.26. The summed E-state index contributed by atoms with van der Waals surface area (Å²) < 4.78 is 0. The lowest BCUT2D eigenvalue weighted by molar-refractivity contribution is -0.00517. The van der Waals surface area contributed by atoms with Gasteiger partial charge in [0.1, 0.15) is 0 Å². The molecule has 0 unspecified atom stereocenters. The van der Waals surface area contributed by atoms with Crippen molar-refractivity contribution < 1.29 is 0 Å². The van der Waals surface area contributed by atoms with Crippen LogP contribution in [0.15, 0.2) is 24.3 Å². The first-order chi connectivity index (χ1) is 8.77. The minimum absolute atomic E-state index is 0.543. The molecule has 1 aromatic carbocycles. The van der Waals surface area contributed by atoms with E-state index in [0.29, 0.717) is 5.41 Å². The Bertz CT molecular complexity index is 410. The summed E-state index contributed by atoms with van der Waals surface area (Å²) in [6.45, 7) is 0. The van der Waals surface area contributed by atoms with Crippen LogP contribution in [0.2, 0.25) is 0 Å². The normalized spacial score (nSPS) is 41.1. The first-order valence-corrected chi connectivity index (χ1v) is 7.48. The largest absolute Gasteiger partial charge is 0.687 e. The molecule has 4 bridgehead atoms. The molecule has 5 rings (SSSR count). The first kappa shape index (κ1) is 10.9. The molecule has 0 aliphatic heterocycles. The van der Waals surface area contributed by atoms with Gasteiger partial charge in [0.15, 0.2) is 0 Å². The van der Waals surface area contributed by atoms with Crippen molar-refractivity contribution in [2.75, 3.05) is 7.05 Å². The summed E-state index contributed by atoms with van der Waals surface area (Å²) in [5.41, 5.74) is 3.26. The molecule has 0 N–H and O–H groups in total. The van der Waals surface area contributed by atoms with Gasteiger partial charge in [0, 0.05) is 0 Å². The van der Waals surface area contributed by atoms with Crippen molar-refractivity contribution in [3.63, 3.8) is 0 Å². The van der Waals surface area contributed by atoms with Crippen molar-refractivity contribution in [3.05, 3.63) is 35.1 Å². The highest BCUT2D eigenvalue weighted by atomic mass is 14.8. The van der Waals surface area contributed by atoms with Crippen molar-refractivity contribution >= 4 is 5.69 Å². The van der Waals surface area contributed by atoms with E-state index in [1.165, 1.54) is 38.5 Å². The van der Waals surface area contributed by atoms with Crippen LogP contribution in [0.5, 0.6) is 0 Å². The molecule has 1 aromatic rings. The maximum Gasteiger partial charge on any atom is -0.00391 e. The van der Waals surface area contributed by atoms with E-state index in [1.807, 2.05) is 7.05 Å². The van der Waals surface area contributed by atoms with Crippen molar-refractivity contribution in [1.82, 2.24) is 0 Å². The molecule has 0 heterocycles. The van der Waals surface area contributed by atoms with E-state index in [-0.39, 0.29) is 0 Å². The lowest BCUT2D eigenvalue weighted by Gasteiger charge is -2.57. The Kier molecular flexibility index (Phi) is 2.27. The fourth-order valence-electron chi connectivity index (χ4n) is 5.43. The lowest BCUT2D eigenvalue weighted by Crippen LogP contribution is -2.48. The van der Waals surface area contributed by atoms with E-state index in [1.54, 1.807) is 5.56 Å². The summed E-state index contributed by atoms with van der Waals surface area (Å²) in [4.78, 5) is 0. The van der Waals surface area contributed by atoms with Gasteiger partial charge in [-0.05, 0) is 67.3 Å². The number of hydrogen-bond acceptors (Lipinski definition) is 0. The van der Waals surface area contributed by atoms with Crippen LogP contribution in [0.1, 0.15) is 44.1 Å². The van der Waals surface area contributed by atoms with Crippen LogP contribution in [0.25, 0.3) is 5.32 Å². The van der Waals surface area contributed by atoms with E-state index in [0.717, 1.165) is 23.4 Å². The molecule has 4 aliphatic rings. The lowest BCUT2D eigenvalue weighted by atomic mass is 9.48. The molecule has 0 amide bonds. The fourth-order valence-corrected chi connectivity index (χ4v) is 5.43. The van der Waals surface area contributed by atoms with Crippen LogP contribution >= 0.6 is 0 Å². The van der Waals surface area contributed by atoms with Crippen LogP contribution in [0.3, 0.4) is 0 Å². The SMILES string of the molecule is C[N-]c1ccc(C23CC4CC(CC(C4)C2)C3)cc1. The van der Waals surface area contributed by atoms with E-state index in [2.05, 4.69) is 29.6 Å². The zero-order chi connectivity index (χ0) is 12.2. The summed E-state index contributed by atoms with van der Waals surface area (Å²) >= 11 is 0. The Morgan fingerprint density at radius 3 is 1.83 bits per heavy atom. The molecule has 4 aliphatic carbocycles. The highest BCUT2D eigenvalue weighted by Crippen LogP contribution is 2.60. The molecule has 4 saturated carbocycles. The van der Waals surface area contributed by atoms with E-state index in [9.17, 15) is 0 Å². The van der Waals surface area contributed by atoms with Crippen molar-refractivity contribution in [2.45, 2.75) is 43.9 Å². The van der Waals surface area contributed by atoms with Crippen molar-refractivity contribution in [3.8, 4) is 0 Å². The van der Waals surface area contributed by atoms with Gasteiger partial charge >= 0.3 is 0 Å². The van der Waals surface area contributed by atoms with Gasteiger partial charge < -0.3 is 5.32 Å². The van der Waals surface area contributed by atoms with Crippen LogP contribution < -0.4 is 0 Å². The zero-order valence-corrected chi connectivity index (χ0v) is 11.2. The maximum absolute atomic E-state index is 4.26. The Balaban J connectivity index is 1.70. The highest BCUT2D eigenvalue weighted by molar-refractivity contribution is 5.49. The molecule has 0 saturated heterocycles. The van der Waals surface area contributed by atoms with Gasteiger partial charge in [-0.3, -0.25) is 0 Å². The van der Waals surface area contributed by atoms with E-state index in [4.69, 9.17) is 0 Å². The second-order valence-corrected chi connectivity index (χ2v) is 6.97. The molecule has 96 valence electrons. The molecule has 0 spiro atoms. The average molecular weight is 240 g/mol. The molecule has 0 radical (unpaired) electrons. The van der Waals surface area contributed by atoms with Crippen LogP contribution in [-0.2, 0) is 5.41 Å². The summed E-state index contributed by atoms with van der Waals surface area (Å²) in [5, 5.41) is 4.26. The summed E-state index contributed by atoms with van der Waals surface area (Å²) in [7, 11) is 1.87. The van der Waals surface area contributed by atoms with Crippen molar-refractivity contribution in [1.29, 1.82) is 0 Å². The molecule has 18 heavy (non-hydrogen) atoms. The third kappa shape index (κ3) is 1.52. The Morgan fingerprint density at radius 2 is 1.39 bits per heavy atom. The second-order valence-electron chi connectivity index (χ2n) is 6.97. The van der Waals surface area contributed by atoms with Gasteiger partial charge in [-0.1, -0.05) is 24.3 Å². The van der Waals surface area contributed by atoms with Crippen LogP contribution in [0, 0.1) is 17.8 Å². The molecular formula is C17H22N-. The number of hydrogen-bond donors (Lipinski definition) is 0. The van der Waals surface area contributed by atoms with Gasteiger partial charge in [0.2, 0.25) is 0 Å². The summed E-state index contributed by atoms with van der Waals surface area (Å²) in [6, 6.07) is 9.12. The fraction of sp³-hybridized carbons (Fsp3) is 0.647. The minimum atomic E-state index is 0.543. The van der Waals surface area contributed by atoms with E-state index >= 15 is 0 Å². The van der Waals surface area contributed by atoms with Crippen LogP contribution in [0.4, 0.5) is 5.69 Å². The third-order valence-corrected chi connectivity index (χ3v) is 5.78. The topological polar surface area (TPSA) is 14.1 Å². The van der Waals surface area contributed by atoms with Gasteiger partial charge in [0.25, 0.3) is 0 Å². The monoisotopic (exact) mass is 240 g/mol.